The number of hydrogen-bond donors (Lipinski definition) is 0. The van der Waals surface area contributed by atoms with Crippen molar-refractivity contribution >= 4 is 15.9 Å². The molecule has 134 valence electrons. The highest BCUT2D eigenvalue weighted by Crippen LogP contribution is 2.26. The van der Waals surface area contributed by atoms with Gasteiger partial charge in [0.25, 0.3) is 5.91 Å². The maximum atomic E-state index is 12.8. The number of benzene rings is 1. The van der Waals surface area contributed by atoms with E-state index in [0.29, 0.717) is 24.2 Å². The van der Waals surface area contributed by atoms with Gasteiger partial charge in [-0.2, -0.15) is 4.31 Å². The molecule has 0 aromatic heterocycles. The van der Waals surface area contributed by atoms with Crippen LogP contribution in [0.5, 0.6) is 0 Å². The van der Waals surface area contributed by atoms with E-state index in [-0.39, 0.29) is 16.8 Å². The summed E-state index contributed by atoms with van der Waals surface area (Å²) in [5, 5.41) is 0. The van der Waals surface area contributed by atoms with Crippen molar-refractivity contribution in [2.45, 2.75) is 57.4 Å². The number of aryl methyl sites for hydroxylation is 1. The van der Waals surface area contributed by atoms with Gasteiger partial charge in [-0.15, -0.1) is 0 Å². The van der Waals surface area contributed by atoms with Crippen molar-refractivity contribution in [2.24, 2.45) is 0 Å². The van der Waals surface area contributed by atoms with Gasteiger partial charge in [0.2, 0.25) is 10.0 Å². The highest BCUT2D eigenvalue weighted by Gasteiger charge is 2.27. The van der Waals surface area contributed by atoms with Crippen molar-refractivity contribution in [1.29, 1.82) is 0 Å². The average molecular weight is 353 g/mol. The zero-order valence-electron chi connectivity index (χ0n) is 15.1. The van der Waals surface area contributed by atoms with Gasteiger partial charge in [0, 0.05) is 31.7 Å². The number of carbonyl (C=O) groups excluding carboxylic acids is 1. The molecule has 0 heterocycles. The Hall–Kier alpha value is -1.40. The van der Waals surface area contributed by atoms with Crippen LogP contribution in [0.25, 0.3) is 0 Å². The second-order valence-electron chi connectivity index (χ2n) is 6.42. The molecule has 1 aromatic rings. The number of amides is 1. The van der Waals surface area contributed by atoms with Crippen molar-refractivity contribution in [3.63, 3.8) is 0 Å². The van der Waals surface area contributed by atoms with Crippen LogP contribution in [0.15, 0.2) is 23.1 Å². The van der Waals surface area contributed by atoms with Crippen molar-refractivity contribution in [1.82, 2.24) is 9.21 Å². The van der Waals surface area contributed by atoms with Gasteiger partial charge >= 0.3 is 0 Å². The zero-order chi connectivity index (χ0) is 17.9. The van der Waals surface area contributed by atoms with Crippen LogP contribution in [-0.2, 0) is 10.0 Å². The fraction of sp³-hybridized carbons (Fsp3) is 0.611. The van der Waals surface area contributed by atoms with E-state index in [1.54, 1.807) is 24.0 Å². The van der Waals surface area contributed by atoms with Gasteiger partial charge in [0.05, 0.1) is 4.90 Å². The Morgan fingerprint density at radius 3 is 2.29 bits per heavy atom. The molecule has 0 spiro atoms. The van der Waals surface area contributed by atoms with E-state index in [9.17, 15) is 13.2 Å². The number of sulfonamides is 1. The average Bonchev–Trinajstić information content (AvgIpc) is 3.09. The molecule has 0 N–H and O–H groups in total. The molecule has 0 bridgehead atoms. The van der Waals surface area contributed by atoms with Crippen molar-refractivity contribution in [3.8, 4) is 0 Å². The summed E-state index contributed by atoms with van der Waals surface area (Å²) in [6.45, 7) is 6.24. The van der Waals surface area contributed by atoms with E-state index in [4.69, 9.17) is 0 Å². The molecule has 0 saturated heterocycles. The summed E-state index contributed by atoms with van der Waals surface area (Å²) in [4.78, 5) is 14.8. The Morgan fingerprint density at radius 1 is 1.17 bits per heavy atom. The molecule has 1 aromatic carbocycles. The first-order chi connectivity index (χ1) is 11.3. The van der Waals surface area contributed by atoms with Gasteiger partial charge in [-0.3, -0.25) is 4.79 Å². The van der Waals surface area contributed by atoms with E-state index in [2.05, 4.69) is 0 Å². The van der Waals surface area contributed by atoms with Gasteiger partial charge in [-0.05, 0) is 37.5 Å². The van der Waals surface area contributed by atoms with Gasteiger partial charge < -0.3 is 4.90 Å². The van der Waals surface area contributed by atoms with Gasteiger partial charge in [0.15, 0.2) is 0 Å². The van der Waals surface area contributed by atoms with Crippen LogP contribution in [0.3, 0.4) is 0 Å². The lowest BCUT2D eigenvalue weighted by Crippen LogP contribution is -2.35. The number of carbonyl (C=O) groups is 1. The van der Waals surface area contributed by atoms with E-state index < -0.39 is 10.0 Å². The number of rotatable bonds is 6. The lowest BCUT2D eigenvalue weighted by atomic mass is 10.1. The zero-order valence-corrected chi connectivity index (χ0v) is 15.9. The minimum absolute atomic E-state index is 0.0992. The summed E-state index contributed by atoms with van der Waals surface area (Å²) in [5.41, 5.74) is 1.11. The second kappa shape index (κ2) is 7.66. The van der Waals surface area contributed by atoms with E-state index in [1.165, 1.54) is 10.4 Å². The highest BCUT2D eigenvalue weighted by molar-refractivity contribution is 7.89. The van der Waals surface area contributed by atoms with Crippen LogP contribution in [0.1, 0.15) is 55.5 Å². The molecule has 1 saturated carbocycles. The first-order valence-electron chi connectivity index (χ1n) is 8.70. The van der Waals surface area contributed by atoms with Gasteiger partial charge in [-0.25, -0.2) is 8.42 Å². The minimum atomic E-state index is -3.57. The van der Waals surface area contributed by atoms with Crippen LogP contribution in [0, 0.1) is 6.92 Å². The largest absolute Gasteiger partial charge is 0.339 e. The molecule has 1 amide bonds. The predicted octanol–water partition coefficient (Wildman–Crippen LogP) is 3.04. The molecule has 0 atom stereocenters. The fourth-order valence-electron chi connectivity index (χ4n) is 3.37. The maximum absolute atomic E-state index is 12.8. The summed E-state index contributed by atoms with van der Waals surface area (Å²) >= 11 is 0. The Bertz CT molecular complexity index is 690. The lowest BCUT2D eigenvalue weighted by molar-refractivity contribution is 0.0735. The molecule has 2 rings (SSSR count). The summed E-state index contributed by atoms with van der Waals surface area (Å²) in [7, 11) is -1.75. The highest BCUT2D eigenvalue weighted by atomic mass is 32.2. The van der Waals surface area contributed by atoms with Crippen LogP contribution in [-0.4, -0.2) is 49.7 Å². The number of hydrogen-bond acceptors (Lipinski definition) is 3. The maximum Gasteiger partial charge on any atom is 0.253 e. The Balaban J connectivity index is 2.36. The molecule has 5 nitrogen and oxygen atoms in total. The van der Waals surface area contributed by atoms with E-state index in [0.717, 1.165) is 25.7 Å². The first kappa shape index (κ1) is 18.9. The number of nitrogens with zero attached hydrogens (tertiary/aromatic N) is 2. The van der Waals surface area contributed by atoms with Gasteiger partial charge in [0.1, 0.15) is 0 Å². The normalized spacial score (nSPS) is 15.9. The summed E-state index contributed by atoms with van der Waals surface area (Å²) < 4.78 is 27.1. The summed E-state index contributed by atoms with van der Waals surface area (Å²) in [5.74, 6) is -0.0992. The van der Waals surface area contributed by atoms with Crippen LogP contribution in [0.4, 0.5) is 0 Å². The van der Waals surface area contributed by atoms with Crippen molar-refractivity contribution < 1.29 is 13.2 Å². The Kier molecular flexibility index (Phi) is 6.04. The molecule has 1 aliphatic carbocycles. The quantitative estimate of drug-likeness (QED) is 0.791. The van der Waals surface area contributed by atoms with Crippen molar-refractivity contribution in [3.05, 3.63) is 29.3 Å². The Labute approximate surface area is 145 Å². The lowest BCUT2D eigenvalue weighted by Gasteiger charge is -2.25. The third kappa shape index (κ3) is 3.64. The molecule has 24 heavy (non-hydrogen) atoms. The molecular formula is C18H28N2O3S. The molecule has 0 radical (unpaired) electrons. The van der Waals surface area contributed by atoms with Crippen LogP contribution in [0.2, 0.25) is 0 Å². The fourth-order valence-corrected chi connectivity index (χ4v) is 5.08. The molecule has 1 aliphatic rings. The smallest absolute Gasteiger partial charge is 0.253 e. The summed E-state index contributed by atoms with van der Waals surface area (Å²) in [6, 6.07) is 5.26. The van der Waals surface area contributed by atoms with Crippen LogP contribution < -0.4 is 0 Å². The summed E-state index contributed by atoms with van der Waals surface area (Å²) in [6.07, 6.45) is 4.35. The minimum Gasteiger partial charge on any atom is -0.339 e. The van der Waals surface area contributed by atoms with E-state index in [1.807, 2.05) is 20.9 Å². The molecule has 1 fully saturated rings. The third-order valence-corrected chi connectivity index (χ3v) is 7.14. The molecule has 0 unspecified atom stereocenters. The van der Waals surface area contributed by atoms with Gasteiger partial charge in [-0.1, -0.05) is 32.8 Å². The van der Waals surface area contributed by atoms with E-state index >= 15 is 0 Å². The topological polar surface area (TPSA) is 57.7 Å². The second-order valence-corrected chi connectivity index (χ2v) is 8.33. The van der Waals surface area contributed by atoms with Crippen LogP contribution >= 0.6 is 0 Å². The monoisotopic (exact) mass is 352 g/mol. The van der Waals surface area contributed by atoms with Crippen molar-refractivity contribution in [2.75, 3.05) is 20.1 Å². The Morgan fingerprint density at radius 2 is 1.75 bits per heavy atom. The molecule has 0 aliphatic heterocycles. The molecular weight excluding hydrogens is 324 g/mol. The SMILES string of the molecule is CCN(CC)S(=O)(=O)c1cc(C(=O)N(C)C2CCCC2)ccc1C. The standard InChI is InChI=1S/C18H28N2O3S/c1-5-20(6-2)24(22,23)17-13-15(12-11-14(17)3)18(21)19(4)16-9-7-8-10-16/h11-13,16H,5-10H2,1-4H3. The predicted molar refractivity (Wildman–Crippen MR) is 95.6 cm³/mol. The molecule has 6 heteroatoms. The first-order valence-corrected chi connectivity index (χ1v) is 10.1. The third-order valence-electron chi connectivity index (χ3n) is 4.95.